The first kappa shape index (κ1) is 15.7. The predicted molar refractivity (Wildman–Crippen MR) is 76.6 cm³/mol. The van der Waals surface area contributed by atoms with Crippen molar-refractivity contribution < 1.29 is 9.90 Å². The van der Waals surface area contributed by atoms with Crippen molar-refractivity contribution in [1.82, 2.24) is 10.2 Å². The molecule has 0 radical (unpaired) electrons. The minimum absolute atomic E-state index is 0.0755. The molecule has 4 heteroatoms. The lowest BCUT2D eigenvalue weighted by Gasteiger charge is -2.18. The highest BCUT2D eigenvalue weighted by Gasteiger charge is 2.07. The van der Waals surface area contributed by atoms with Crippen LogP contribution in [-0.2, 0) is 17.9 Å². The quantitative estimate of drug-likeness (QED) is 0.700. The van der Waals surface area contributed by atoms with Crippen molar-refractivity contribution in [2.24, 2.45) is 0 Å². The van der Waals surface area contributed by atoms with Gasteiger partial charge in [0.2, 0.25) is 5.91 Å². The summed E-state index contributed by atoms with van der Waals surface area (Å²) < 4.78 is 0. The fourth-order valence-corrected chi connectivity index (χ4v) is 1.92. The molecule has 0 atom stereocenters. The number of rotatable bonds is 8. The Hall–Kier alpha value is -1.39. The van der Waals surface area contributed by atoms with Crippen LogP contribution in [0.2, 0.25) is 0 Å². The van der Waals surface area contributed by atoms with E-state index in [1.807, 2.05) is 43.0 Å². The molecule has 0 spiro atoms. The van der Waals surface area contributed by atoms with Crippen LogP contribution in [0.5, 0.6) is 0 Å². The Morgan fingerprint density at radius 1 is 1.16 bits per heavy atom. The van der Waals surface area contributed by atoms with Gasteiger partial charge in [-0.25, -0.2) is 0 Å². The van der Waals surface area contributed by atoms with Crippen LogP contribution in [0.1, 0.15) is 31.4 Å². The Bertz CT molecular complexity index is 372. The third-order valence-corrected chi connectivity index (χ3v) is 3.17. The summed E-state index contributed by atoms with van der Waals surface area (Å²) in [7, 11) is 0. The summed E-state index contributed by atoms with van der Waals surface area (Å²) >= 11 is 0. The van der Waals surface area contributed by atoms with Crippen LogP contribution in [0.3, 0.4) is 0 Å². The Morgan fingerprint density at radius 3 is 2.26 bits per heavy atom. The molecule has 1 aromatic carbocycles. The molecule has 0 aliphatic rings. The smallest absolute Gasteiger partial charge is 0.223 e. The van der Waals surface area contributed by atoms with Crippen molar-refractivity contribution in [3.8, 4) is 0 Å². The first-order valence-corrected chi connectivity index (χ1v) is 6.88. The first-order chi connectivity index (χ1) is 9.21. The maximum Gasteiger partial charge on any atom is 0.223 e. The molecule has 0 aromatic heterocycles. The van der Waals surface area contributed by atoms with Crippen LogP contribution >= 0.6 is 0 Å². The van der Waals surface area contributed by atoms with E-state index in [-0.39, 0.29) is 12.5 Å². The van der Waals surface area contributed by atoms with E-state index in [4.69, 9.17) is 5.11 Å². The third kappa shape index (κ3) is 5.41. The number of nitrogens with zero attached hydrogens (tertiary/aromatic N) is 1. The van der Waals surface area contributed by atoms with E-state index < -0.39 is 0 Å². The first-order valence-electron chi connectivity index (χ1n) is 6.88. The molecule has 0 fully saturated rings. The van der Waals surface area contributed by atoms with Gasteiger partial charge in [-0.15, -0.1) is 0 Å². The molecular weight excluding hydrogens is 240 g/mol. The zero-order chi connectivity index (χ0) is 14.1. The molecular formula is C15H24N2O2. The molecule has 1 rings (SSSR count). The SMILES string of the molecule is CCN(CC)C(=O)CCNCc1ccc(CO)cc1. The number of nitrogens with one attached hydrogen (secondary N) is 1. The average Bonchev–Trinajstić information content (AvgIpc) is 2.45. The van der Waals surface area contributed by atoms with E-state index in [9.17, 15) is 4.79 Å². The number of carbonyl (C=O) groups excluding carboxylic acids is 1. The van der Waals surface area contributed by atoms with Gasteiger partial charge in [0.25, 0.3) is 0 Å². The molecule has 0 aliphatic heterocycles. The normalized spacial score (nSPS) is 10.5. The Morgan fingerprint density at radius 2 is 1.74 bits per heavy atom. The van der Waals surface area contributed by atoms with Crippen LogP contribution in [0, 0.1) is 0 Å². The van der Waals surface area contributed by atoms with Crippen molar-refractivity contribution in [2.45, 2.75) is 33.4 Å². The van der Waals surface area contributed by atoms with E-state index in [1.54, 1.807) is 0 Å². The average molecular weight is 264 g/mol. The highest BCUT2D eigenvalue weighted by atomic mass is 16.3. The highest BCUT2D eigenvalue weighted by Crippen LogP contribution is 2.04. The second-order valence-electron chi connectivity index (χ2n) is 4.47. The molecule has 1 amide bonds. The zero-order valence-electron chi connectivity index (χ0n) is 11.9. The Labute approximate surface area is 115 Å². The van der Waals surface area contributed by atoms with Gasteiger partial charge in [0.05, 0.1) is 6.61 Å². The number of amides is 1. The van der Waals surface area contributed by atoms with E-state index in [2.05, 4.69) is 5.32 Å². The third-order valence-electron chi connectivity index (χ3n) is 3.17. The molecule has 106 valence electrons. The number of hydrogen-bond donors (Lipinski definition) is 2. The monoisotopic (exact) mass is 264 g/mol. The second kappa shape index (κ2) is 8.67. The summed E-state index contributed by atoms with van der Waals surface area (Å²) in [4.78, 5) is 13.6. The standard InChI is InChI=1S/C15H24N2O2/c1-3-17(4-2)15(19)9-10-16-11-13-5-7-14(12-18)8-6-13/h5-8,16,18H,3-4,9-12H2,1-2H3. The van der Waals surface area contributed by atoms with Gasteiger partial charge in [-0.1, -0.05) is 24.3 Å². The predicted octanol–water partition coefficient (Wildman–Crippen LogP) is 1.53. The summed E-state index contributed by atoms with van der Waals surface area (Å²) in [6.07, 6.45) is 0.538. The van der Waals surface area contributed by atoms with Gasteiger partial charge in [-0.2, -0.15) is 0 Å². The molecule has 0 heterocycles. The number of benzene rings is 1. The van der Waals surface area contributed by atoms with Gasteiger partial charge in [-0.3, -0.25) is 4.79 Å². The van der Waals surface area contributed by atoms with Gasteiger partial charge in [0.1, 0.15) is 0 Å². The molecule has 0 saturated carbocycles. The maximum atomic E-state index is 11.8. The largest absolute Gasteiger partial charge is 0.392 e. The van der Waals surface area contributed by atoms with E-state index >= 15 is 0 Å². The molecule has 1 aromatic rings. The van der Waals surface area contributed by atoms with Gasteiger partial charge >= 0.3 is 0 Å². The molecule has 2 N–H and O–H groups in total. The molecule has 0 bridgehead atoms. The zero-order valence-corrected chi connectivity index (χ0v) is 11.9. The van der Waals surface area contributed by atoms with E-state index in [0.29, 0.717) is 13.0 Å². The fourth-order valence-electron chi connectivity index (χ4n) is 1.92. The van der Waals surface area contributed by atoms with Crippen molar-refractivity contribution in [3.63, 3.8) is 0 Å². The maximum absolute atomic E-state index is 11.8. The lowest BCUT2D eigenvalue weighted by atomic mass is 10.1. The van der Waals surface area contributed by atoms with Crippen LogP contribution in [0.25, 0.3) is 0 Å². The molecule has 0 unspecified atom stereocenters. The number of hydrogen-bond acceptors (Lipinski definition) is 3. The van der Waals surface area contributed by atoms with Crippen LogP contribution in [-0.4, -0.2) is 35.5 Å². The van der Waals surface area contributed by atoms with Gasteiger partial charge in [0.15, 0.2) is 0 Å². The molecule has 0 saturated heterocycles. The fraction of sp³-hybridized carbons (Fsp3) is 0.533. The van der Waals surface area contributed by atoms with Gasteiger partial charge in [-0.05, 0) is 25.0 Å². The van der Waals surface area contributed by atoms with Crippen molar-refractivity contribution in [2.75, 3.05) is 19.6 Å². The van der Waals surface area contributed by atoms with E-state index in [1.165, 1.54) is 0 Å². The van der Waals surface area contributed by atoms with Crippen LogP contribution < -0.4 is 5.32 Å². The number of aliphatic hydroxyl groups excluding tert-OH is 1. The molecule has 19 heavy (non-hydrogen) atoms. The van der Waals surface area contributed by atoms with E-state index in [0.717, 1.165) is 30.8 Å². The summed E-state index contributed by atoms with van der Waals surface area (Å²) in [5, 5.41) is 12.2. The minimum Gasteiger partial charge on any atom is -0.392 e. The van der Waals surface area contributed by atoms with Crippen molar-refractivity contribution in [3.05, 3.63) is 35.4 Å². The van der Waals surface area contributed by atoms with Crippen molar-refractivity contribution in [1.29, 1.82) is 0 Å². The minimum atomic E-state index is 0.0755. The topological polar surface area (TPSA) is 52.6 Å². The summed E-state index contributed by atoms with van der Waals surface area (Å²) in [6.45, 7) is 7.06. The van der Waals surface area contributed by atoms with Crippen LogP contribution in [0.15, 0.2) is 24.3 Å². The Kier molecular flexibility index (Phi) is 7.15. The Balaban J connectivity index is 2.24. The van der Waals surface area contributed by atoms with Gasteiger partial charge < -0.3 is 15.3 Å². The number of carbonyl (C=O) groups is 1. The lowest BCUT2D eigenvalue weighted by molar-refractivity contribution is -0.130. The van der Waals surface area contributed by atoms with Crippen molar-refractivity contribution >= 4 is 5.91 Å². The van der Waals surface area contributed by atoms with Crippen LogP contribution in [0.4, 0.5) is 0 Å². The lowest BCUT2D eigenvalue weighted by Crippen LogP contribution is -2.32. The number of aliphatic hydroxyl groups is 1. The summed E-state index contributed by atoms with van der Waals surface area (Å²) in [5.74, 6) is 0.202. The second-order valence-corrected chi connectivity index (χ2v) is 4.47. The molecule has 4 nitrogen and oxygen atoms in total. The van der Waals surface area contributed by atoms with Gasteiger partial charge in [0, 0.05) is 32.6 Å². The summed E-state index contributed by atoms with van der Waals surface area (Å²) in [6, 6.07) is 7.81. The highest BCUT2D eigenvalue weighted by molar-refractivity contribution is 5.76. The molecule has 0 aliphatic carbocycles. The summed E-state index contributed by atoms with van der Waals surface area (Å²) in [5.41, 5.74) is 2.08.